The number of aliphatic imine (C=N–C) groups is 1. The summed E-state index contributed by atoms with van der Waals surface area (Å²) in [5.41, 5.74) is 3.56. The van der Waals surface area contributed by atoms with E-state index >= 15 is 0 Å². The summed E-state index contributed by atoms with van der Waals surface area (Å²) in [6.07, 6.45) is 7.54. The number of nitrogens with zero attached hydrogens (tertiary/aromatic N) is 3. The van der Waals surface area contributed by atoms with E-state index in [9.17, 15) is 0 Å². The van der Waals surface area contributed by atoms with E-state index in [1.54, 1.807) is 7.05 Å². The Hall–Kier alpha value is -2.68. The number of benzene rings is 2. The molecule has 0 saturated heterocycles. The fourth-order valence-corrected chi connectivity index (χ4v) is 2.55. The summed E-state index contributed by atoms with van der Waals surface area (Å²) in [6.45, 7) is 0. The third-order valence-corrected chi connectivity index (χ3v) is 3.44. The van der Waals surface area contributed by atoms with Crippen LogP contribution >= 0.6 is 0 Å². The first-order valence-electron chi connectivity index (χ1n) is 6.93. The summed E-state index contributed by atoms with van der Waals surface area (Å²) in [5.74, 6) is 0. The number of imidazole rings is 1. The maximum Gasteiger partial charge on any atom is 0.0954 e. The molecule has 1 unspecified atom stereocenters. The molecule has 0 aliphatic carbocycles. The predicted molar refractivity (Wildman–Crippen MR) is 85.9 cm³/mol. The standard InChI is InChI=1S/C18H17N3/c1-19-13-15-6-5-9-17(12-15)18(21-11-10-20-14-21)16-7-3-2-4-8-16/h2-14,18H,1H3. The van der Waals surface area contributed by atoms with Crippen molar-refractivity contribution in [2.75, 3.05) is 7.05 Å². The second-order valence-corrected chi connectivity index (χ2v) is 4.88. The molecule has 0 spiro atoms. The smallest absolute Gasteiger partial charge is 0.0954 e. The molecule has 0 bridgehead atoms. The SMILES string of the molecule is CN=Cc1cccc(C(c2ccccc2)n2ccnc2)c1. The molecule has 0 aliphatic rings. The average Bonchev–Trinajstić information content (AvgIpc) is 3.03. The molecule has 0 aliphatic heterocycles. The summed E-state index contributed by atoms with van der Waals surface area (Å²) in [4.78, 5) is 8.29. The van der Waals surface area contributed by atoms with Gasteiger partial charge in [0.05, 0.1) is 12.4 Å². The molecular formula is C18H17N3. The zero-order valence-corrected chi connectivity index (χ0v) is 11.9. The van der Waals surface area contributed by atoms with Crippen molar-refractivity contribution in [2.24, 2.45) is 4.99 Å². The fourth-order valence-electron chi connectivity index (χ4n) is 2.55. The molecule has 0 N–H and O–H groups in total. The van der Waals surface area contributed by atoms with Crippen molar-refractivity contribution in [1.82, 2.24) is 9.55 Å². The van der Waals surface area contributed by atoms with Crippen LogP contribution in [0.5, 0.6) is 0 Å². The molecular weight excluding hydrogens is 258 g/mol. The normalized spacial score (nSPS) is 12.6. The van der Waals surface area contributed by atoms with E-state index in [0.717, 1.165) is 5.56 Å². The third-order valence-electron chi connectivity index (χ3n) is 3.44. The maximum atomic E-state index is 4.19. The molecule has 3 aromatic rings. The Morgan fingerprint density at radius 1 is 1.05 bits per heavy atom. The van der Waals surface area contributed by atoms with E-state index in [0.29, 0.717) is 0 Å². The van der Waals surface area contributed by atoms with Crippen LogP contribution in [-0.4, -0.2) is 22.8 Å². The first-order chi connectivity index (χ1) is 10.4. The lowest BCUT2D eigenvalue weighted by atomic mass is 9.97. The van der Waals surface area contributed by atoms with E-state index in [1.165, 1.54) is 11.1 Å². The van der Waals surface area contributed by atoms with Crippen molar-refractivity contribution in [2.45, 2.75) is 6.04 Å². The average molecular weight is 275 g/mol. The van der Waals surface area contributed by atoms with E-state index in [4.69, 9.17) is 0 Å². The van der Waals surface area contributed by atoms with E-state index in [-0.39, 0.29) is 6.04 Å². The van der Waals surface area contributed by atoms with Gasteiger partial charge < -0.3 is 4.57 Å². The number of hydrogen-bond donors (Lipinski definition) is 0. The summed E-state index contributed by atoms with van der Waals surface area (Å²) < 4.78 is 2.12. The highest BCUT2D eigenvalue weighted by molar-refractivity contribution is 5.79. The highest BCUT2D eigenvalue weighted by Crippen LogP contribution is 2.26. The number of hydrogen-bond acceptors (Lipinski definition) is 2. The Bertz CT molecular complexity index is 715. The molecule has 1 atom stereocenters. The monoisotopic (exact) mass is 275 g/mol. The minimum Gasteiger partial charge on any atom is -0.326 e. The summed E-state index contributed by atoms with van der Waals surface area (Å²) in [6, 6.07) is 19.0. The van der Waals surface area contributed by atoms with Gasteiger partial charge in [-0.3, -0.25) is 4.99 Å². The minimum atomic E-state index is 0.124. The van der Waals surface area contributed by atoms with Crippen LogP contribution in [0, 0.1) is 0 Å². The summed E-state index contributed by atoms with van der Waals surface area (Å²) >= 11 is 0. The van der Waals surface area contributed by atoms with Gasteiger partial charge in [-0.25, -0.2) is 4.98 Å². The van der Waals surface area contributed by atoms with Crippen LogP contribution in [0.2, 0.25) is 0 Å². The minimum absolute atomic E-state index is 0.124. The van der Waals surface area contributed by atoms with Crippen molar-refractivity contribution in [1.29, 1.82) is 0 Å². The molecule has 0 radical (unpaired) electrons. The van der Waals surface area contributed by atoms with Crippen LogP contribution in [0.4, 0.5) is 0 Å². The molecule has 21 heavy (non-hydrogen) atoms. The molecule has 1 aromatic heterocycles. The van der Waals surface area contributed by atoms with Gasteiger partial charge in [-0.1, -0.05) is 48.5 Å². The molecule has 2 aromatic carbocycles. The second-order valence-electron chi connectivity index (χ2n) is 4.88. The van der Waals surface area contributed by atoms with E-state index < -0.39 is 0 Å². The summed E-state index contributed by atoms with van der Waals surface area (Å²) in [5, 5.41) is 0. The predicted octanol–water partition coefficient (Wildman–Crippen LogP) is 3.57. The van der Waals surface area contributed by atoms with Crippen LogP contribution in [0.15, 0.2) is 78.3 Å². The van der Waals surface area contributed by atoms with Gasteiger partial charge >= 0.3 is 0 Å². The summed E-state index contributed by atoms with van der Waals surface area (Å²) in [7, 11) is 1.79. The quantitative estimate of drug-likeness (QED) is 0.669. The molecule has 1 heterocycles. The Labute approximate surface area is 124 Å². The zero-order chi connectivity index (χ0) is 14.5. The molecule has 104 valence electrons. The van der Waals surface area contributed by atoms with Crippen molar-refractivity contribution >= 4 is 6.21 Å². The van der Waals surface area contributed by atoms with Gasteiger partial charge in [0.1, 0.15) is 0 Å². The van der Waals surface area contributed by atoms with Gasteiger partial charge in [0, 0.05) is 25.7 Å². The van der Waals surface area contributed by atoms with Crippen LogP contribution in [-0.2, 0) is 0 Å². The molecule has 0 saturated carbocycles. The molecule has 0 amide bonds. The Morgan fingerprint density at radius 3 is 2.57 bits per heavy atom. The van der Waals surface area contributed by atoms with Crippen molar-refractivity contribution in [3.63, 3.8) is 0 Å². The Kier molecular flexibility index (Phi) is 3.92. The molecule has 3 heteroatoms. The fraction of sp³-hybridized carbons (Fsp3) is 0.111. The van der Waals surface area contributed by atoms with Gasteiger partial charge in [-0.15, -0.1) is 0 Å². The zero-order valence-electron chi connectivity index (χ0n) is 11.9. The lowest BCUT2D eigenvalue weighted by Gasteiger charge is -2.20. The maximum absolute atomic E-state index is 4.19. The van der Waals surface area contributed by atoms with Gasteiger partial charge in [0.2, 0.25) is 0 Å². The third kappa shape index (κ3) is 2.92. The van der Waals surface area contributed by atoms with Gasteiger partial charge in [0.25, 0.3) is 0 Å². The number of rotatable bonds is 4. The lowest BCUT2D eigenvalue weighted by Crippen LogP contribution is -2.10. The van der Waals surface area contributed by atoms with E-state index in [2.05, 4.69) is 63.1 Å². The Balaban J connectivity index is 2.10. The van der Waals surface area contributed by atoms with Crippen LogP contribution in [0.3, 0.4) is 0 Å². The lowest BCUT2D eigenvalue weighted by molar-refractivity contribution is 0.677. The van der Waals surface area contributed by atoms with Gasteiger partial charge in [0.15, 0.2) is 0 Å². The van der Waals surface area contributed by atoms with Crippen LogP contribution < -0.4 is 0 Å². The highest BCUT2D eigenvalue weighted by atomic mass is 15.0. The first-order valence-corrected chi connectivity index (χ1v) is 6.93. The number of aromatic nitrogens is 2. The second kappa shape index (κ2) is 6.18. The largest absolute Gasteiger partial charge is 0.326 e. The molecule has 0 fully saturated rings. The van der Waals surface area contributed by atoms with E-state index in [1.807, 2.05) is 31.0 Å². The van der Waals surface area contributed by atoms with Gasteiger partial charge in [-0.05, 0) is 22.8 Å². The Morgan fingerprint density at radius 2 is 1.86 bits per heavy atom. The van der Waals surface area contributed by atoms with Crippen molar-refractivity contribution < 1.29 is 0 Å². The van der Waals surface area contributed by atoms with Crippen LogP contribution in [0.25, 0.3) is 0 Å². The van der Waals surface area contributed by atoms with Gasteiger partial charge in [-0.2, -0.15) is 0 Å². The highest BCUT2D eigenvalue weighted by Gasteiger charge is 2.15. The first kappa shape index (κ1) is 13.3. The topological polar surface area (TPSA) is 30.2 Å². The van der Waals surface area contributed by atoms with Crippen molar-refractivity contribution in [3.05, 3.63) is 90.0 Å². The molecule has 3 rings (SSSR count). The van der Waals surface area contributed by atoms with Crippen LogP contribution in [0.1, 0.15) is 22.7 Å². The van der Waals surface area contributed by atoms with Crippen molar-refractivity contribution in [3.8, 4) is 0 Å². The molecule has 3 nitrogen and oxygen atoms in total.